The lowest BCUT2D eigenvalue weighted by atomic mass is 10.0. The van der Waals surface area contributed by atoms with Crippen LogP contribution in [0, 0.1) is 0 Å². The normalized spacial score (nSPS) is 13.9. The van der Waals surface area contributed by atoms with Gasteiger partial charge in [0.05, 0.1) is 34.0 Å². The number of nitrogens with zero attached hydrogens (tertiary/aromatic N) is 1. The Kier molecular flexibility index (Phi) is 21.6. The van der Waals surface area contributed by atoms with Crippen LogP contribution in [0.15, 0.2) is 22.8 Å². The highest BCUT2D eigenvalue weighted by atomic mass is 31.2. The van der Waals surface area contributed by atoms with Gasteiger partial charge in [-0.3, -0.25) is 14.2 Å². The number of ether oxygens (including phenoxy) is 2. The van der Waals surface area contributed by atoms with Gasteiger partial charge >= 0.3 is 11.9 Å². The molecule has 250 valence electrons. The minimum absolute atomic E-state index is 0.0460. The first-order valence-corrected chi connectivity index (χ1v) is 17.7. The van der Waals surface area contributed by atoms with Gasteiger partial charge in [-0.25, -0.2) is 0 Å². The third kappa shape index (κ3) is 24.3. The molecule has 1 aromatic rings. The van der Waals surface area contributed by atoms with Crippen molar-refractivity contribution in [3.8, 4) is 0 Å². The van der Waals surface area contributed by atoms with Crippen LogP contribution in [-0.2, 0) is 39.1 Å². The Balaban J connectivity index is 2.33. The maximum atomic E-state index is 12.4. The number of furan rings is 1. The Morgan fingerprint density at radius 2 is 1.42 bits per heavy atom. The smallest absolute Gasteiger partial charge is 0.306 e. The van der Waals surface area contributed by atoms with E-state index in [0.29, 0.717) is 23.9 Å². The van der Waals surface area contributed by atoms with Gasteiger partial charge in [-0.05, 0) is 25.0 Å². The molecule has 0 amide bonds. The second kappa shape index (κ2) is 23.6. The Bertz CT molecular complexity index is 886. The van der Waals surface area contributed by atoms with Crippen LogP contribution in [0.3, 0.4) is 0 Å². The molecule has 0 aliphatic carbocycles. The number of hydrogen-bond donors (Lipinski definition) is 0. The summed E-state index contributed by atoms with van der Waals surface area (Å²) in [7, 11) is 1.11. The molecule has 10 nitrogen and oxygen atoms in total. The van der Waals surface area contributed by atoms with Crippen molar-refractivity contribution in [1.29, 1.82) is 0 Å². The average Bonchev–Trinajstić information content (AvgIpc) is 3.45. The molecule has 1 heterocycles. The molecule has 11 heteroatoms. The van der Waals surface area contributed by atoms with E-state index in [1.165, 1.54) is 64.2 Å². The summed E-state index contributed by atoms with van der Waals surface area (Å²) in [6.45, 7) is 1.86. The molecule has 2 atom stereocenters. The number of carbonyl (C=O) groups excluding carboxylic acids is 2. The molecular formula is C32H58NO9P. The Hall–Kier alpha value is -1.71. The largest absolute Gasteiger partial charge is 0.756 e. The van der Waals surface area contributed by atoms with Gasteiger partial charge in [0.25, 0.3) is 7.82 Å². The number of esters is 2. The van der Waals surface area contributed by atoms with E-state index in [-0.39, 0.29) is 26.1 Å². The highest BCUT2D eigenvalue weighted by Crippen LogP contribution is 2.38. The summed E-state index contributed by atoms with van der Waals surface area (Å²) >= 11 is 0. The molecule has 0 aliphatic heterocycles. The van der Waals surface area contributed by atoms with Crippen molar-refractivity contribution in [2.45, 2.75) is 122 Å². The van der Waals surface area contributed by atoms with Crippen LogP contribution in [0.25, 0.3) is 0 Å². The van der Waals surface area contributed by atoms with Crippen LogP contribution in [-0.4, -0.2) is 70.0 Å². The molecule has 1 aromatic heterocycles. The number of rotatable bonds is 28. The van der Waals surface area contributed by atoms with Crippen molar-refractivity contribution in [2.75, 3.05) is 47.5 Å². The second-order valence-electron chi connectivity index (χ2n) is 12.3. The first-order valence-electron chi connectivity index (χ1n) is 16.3. The minimum atomic E-state index is -4.63. The molecule has 1 rings (SSSR count). The number of aryl methyl sites for hydroxylation is 1. The lowest BCUT2D eigenvalue weighted by molar-refractivity contribution is -0.870. The van der Waals surface area contributed by atoms with E-state index in [0.717, 1.165) is 25.0 Å². The first kappa shape index (κ1) is 39.3. The molecule has 0 saturated heterocycles. The maximum Gasteiger partial charge on any atom is 0.306 e. The predicted molar refractivity (Wildman–Crippen MR) is 165 cm³/mol. The number of carbonyl (C=O) groups is 2. The van der Waals surface area contributed by atoms with Crippen molar-refractivity contribution in [2.24, 2.45) is 0 Å². The standard InChI is InChI=1S/C32H58NO9P/c1-5-6-7-8-9-10-11-12-13-14-15-16-17-22-31(34)39-27-30(28-41-43(36,37)40-26-24-33(2,3)4)42-32(35)23-18-20-29-21-19-25-38-29/h19,21,25,30H,5-18,20,22-24,26-28H2,1-4H3. The van der Waals surface area contributed by atoms with Crippen LogP contribution >= 0.6 is 7.82 Å². The summed E-state index contributed by atoms with van der Waals surface area (Å²) in [6.07, 6.45) is 17.7. The van der Waals surface area contributed by atoms with E-state index < -0.39 is 32.5 Å². The fourth-order valence-corrected chi connectivity index (χ4v) is 5.13. The zero-order chi connectivity index (χ0) is 31.8. The second-order valence-corrected chi connectivity index (χ2v) is 13.7. The van der Waals surface area contributed by atoms with Crippen LogP contribution in [0.4, 0.5) is 0 Å². The number of likely N-dealkylation sites (N-methyl/N-ethyl adjacent to an activating group) is 1. The summed E-state index contributed by atoms with van der Waals surface area (Å²) in [5.74, 6) is -0.195. The molecule has 0 N–H and O–H groups in total. The SMILES string of the molecule is CCCCCCCCCCCCCCCC(=O)OCC(COP(=O)([O-])OCC[N+](C)(C)C)OC(=O)CCCc1ccco1. The Morgan fingerprint density at radius 1 is 0.837 bits per heavy atom. The van der Waals surface area contributed by atoms with Crippen LogP contribution in [0.1, 0.15) is 115 Å². The lowest BCUT2D eigenvalue weighted by Crippen LogP contribution is -2.37. The topological polar surface area (TPSA) is 124 Å². The van der Waals surface area contributed by atoms with Gasteiger partial charge in [-0.2, -0.15) is 0 Å². The van der Waals surface area contributed by atoms with Crippen LogP contribution in [0.2, 0.25) is 0 Å². The molecule has 0 spiro atoms. The molecular weight excluding hydrogens is 573 g/mol. The summed E-state index contributed by atoms with van der Waals surface area (Å²) in [5, 5.41) is 0. The van der Waals surface area contributed by atoms with Crippen molar-refractivity contribution < 1.29 is 46.5 Å². The van der Waals surface area contributed by atoms with Gasteiger partial charge in [-0.1, -0.05) is 84.0 Å². The van der Waals surface area contributed by atoms with Crippen molar-refractivity contribution in [1.82, 2.24) is 0 Å². The highest BCUT2D eigenvalue weighted by molar-refractivity contribution is 7.45. The summed E-state index contributed by atoms with van der Waals surface area (Å²) in [6, 6.07) is 3.60. The predicted octanol–water partition coefficient (Wildman–Crippen LogP) is 6.75. The monoisotopic (exact) mass is 631 g/mol. The van der Waals surface area contributed by atoms with E-state index >= 15 is 0 Å². The Morgan fingerprint density at radius 3 is 1.98 bits per heavy atom. The van der Waals surface area contributed by atoms with E-state index in [4.69, 9.17) is 22.9 Å². The third-order valence-corrected chi connectivity index (χ3v) is 7.99. The zero-order valence-electron chi connectivity index (χ0n) is 27.2. The number of phosphoric acid groups is 1. The highest BCUT2D eigenvalue weighted by Gasteiger charge is 2.21. The van der Waals surface area contributed by atoms with Gasteiger partial charge in [-0.15, -0.1) is 0 Å². The molecule has 43 heavy (non-hydrogen) atoms. The zero-order valence-corrected chi connectivity index (χ0v) is 28.1. The molecule has 0 fully saturated rings. The van der Waals surface area contributed by atoms with Crippen LogP contribution in [0.5, 0.6) is 0 Å². The summed E-state index contributed by atoms with van der Waals surface area (Å²) < 4.78 is 38.6. The average molecular weight is 632 g/mol. The molecule has 0 saturated carbocycles. The summed E-state index contributed by atoms with van der Waals surface area (Å²) in [5.41, 5.74) is 0. The fourth-order valence-electron chi connectivity index (χ4n) is 4.41. The fraction of sp³-hybridized carbons (Fsp3) is 0.812. The van der Waals surface area contributed by atoms with E-state index in [1.54, 1.807) is 12.3 Å². The molecule has 0 aromatic carbocycles. The number of unbranched alkanes of at least 4 members (excludes halogenated alkanes) is 12. The Labute approximate surface area is 260 Å². The van der Waals surface area contributed by atoms with E-state index in [9.17, 15) is 19.0 Å². The van der Waals surface area contributed by atoms with Gasteiger partial charge in [0.2, 0.25) is 0 Å². The minimum Gasteiger partial charge on any atom is -0.756 e. The number of quaternary nitrogens is 1. The van der Waals surface area contributed by atoms with E-state index in [2.05, 4.69) is 6.92 Å². The molecule has 0 bridgehead atoms. The van der Waals surface area contributed by atoms with Crippen molar-refractivity contribution >= 4 is 19.8 Å². The van der Waals surface area contributed by atoms with Crippen LogP contribution < -0.4 is 4.89 Å². The lowest BCUT2D eigenvalue weighted by Gasteiger charge is -2.28. The third-order valence-electron chi connectivity index (χ3n) is 7.03. The van der Waals surface area contributed by atoms with Gasteiger partial charge in [0.1, 0.15) is 25.5 Å². The van der Waals surface area contributed by atoms with Gasteiger partial charge in [0.15, 0.2) is 6.10 Å². The first-order chi connectivity index (χ1) is 20.5. The van der Waals surface area contributed by atoms with Gasteiger partial charge in [0, 0.05) is 19.3 Å². The van der Waals surface area contributed by atoms with Crippen molar-refractivity contribution in [3.05, 3.63) is 24.2 Å². The van der Waals surface area contributed by atoms with Gasteiger partial charge < -0.3 is 32.3 Å². The number of phosphoric ester groups is 1. The maximum absolute atomic E-state index is 12.4. The van der Waals surface area contributed by atoms with E-state index in [1.807, 2.05) is 27.2 Å². The molecule has 0 radical (unpaired) electrons. The quantitative estimate of drug-likeness (QED) is 0.0428. The molecule has 0 aliphatic rings. The summed E-state index contributed by atoms with van der Waals surface area (Å²) in [4.78, 5) is 36.9. The van der Waals surface area contributed by atoms with Crippen molar-refractivity contribution in [3.63, 3.8) is 0 Å². The molecule has 2 unspecified atom stereocenters. The number of hydrogen-bond acceptors (Lipinski definition) is 9.